The lowest BCUT2D eigenvalue weighted by Crippen LogP contribution is -2.34. The number of anilines is 1. The van der Waals surface area contributed by atoms with Gasteiger partial charge in [-0.15, -0.1) is 0 Å². The molecule has 3 N–H and O–H groups in total. The summed E-state index contributed by atoms with van der Waals surface area (Å²) in [7, 11) is -2.05. The lowest BCUT2D eigenvalue weighted by atomic mass is 9.85. The van der Waals surface area contributed by atoms with Crippen molar-refractivity contribution < 1.29 is 27.9 Å². The van der Waals surface area contributed by atoms with Crippen LogP contribution in [-0.4, -0.2) is 51.4 Å². The second-order valence-corrected chi connectivity index (χ2v) is 7.97. The molecule has 8 nitrogen and oxygen atoms in total. The SMILES string of the molecule is COCCCS(=O)(=O)NCC(=O)Nc1ccc(C(C)(C)C(=O)O)cc1. The fourth-order valence-corrected chi connectivity index (χ4v) is 2.93. The zero-order chi connectivity index (χ0) is 19.1. The molecule has 1 rings (SSSR count). The van der Waals surface area contributed by atoms with Crippen LogP contribution >= 0.6 is 0 Å². The Bertz CT molecular complexity index is 698. The Kier molecular flexibility index (Phi) is 7.53. The minimum absolute atomic E-state index is 0.118. The summed E-state index contributed by atoms with van der Waals surface area (Å²) in [6.45, 7) is 3.12. The van der Waals surface area contributed by atoms with Crippen LogP contribution in [0.4, 0.5) is 5.69 Å². The van der Waals surface area contributed by atoms with Crippen LogP contribution in [-0.2, 0) is 29.8 Å². The zero-order valence-electron chi connectivity index (χ0n) is 14.5. The summed E-state index contributed by atoms with van der Waals surface area (Å²) in [5.41, 5.74) is 0.00534. The van der Waals surface area contributed by atoms with Gasteiger partial charge in [0.1, 0.15) is 0 Å². The average Bonchev–Trinajstić information content (AvgIpc) is 2.53. The fourth-order valence-electron chi connectivity index (χ4n) is 1.94. The summed E-state index contributed by atoms with van der Waals surface area (Å²) in [5.74, 6) is -1.58. The molecule has 0 aliphatic heterocycles. The average molecular weight is 372 g/mol. The van der Waals surface area contributed by atoms with Crippen LogP contribution in [0, 0.1) is 0 Å². The van der Waals surface area contributed by atoms with Crippen molar-refractivity contribution in [1.29, 1.82) is 0 Å². The molecule has 0 radical (unpaired) electrons. The number of nitrogens with one attached hydrogen (secondary N) is 2. The molecule has 0 aliphatic rings. The second kappa shape index (κ2) is 8.93. The van der Waals surface area contributed by atoms with Gasteiger partial charge < -0.3 is 15.2 Å². The Labute approximate surface area is 147 Å². The van der Waals surface area contributed by atoms with E-state index in [1.807, 2.05) is 0 Å². The maximum absolute atomic E-state index is 11.8. The first-order valence-corrected chi connectivity index (χ1v) is 9.34. The standard InChI is InChI=1S/C16H24N2O6S/c1-16(2,15(20)21)12-5-7-13(8-6-12)18-14(19)11-17-25(22,23)10-4-9-24-3/h5-8,17H,4,9-11H2,1-3H3,(H,18,19)(H,20,21). The number of aliphatic carboxylic acids is 1. The summed E-state index contributed by atoms with van der Waals surface area (Å²) in [6.07, 6.45) is 0.342. The largest absolute Gasteiger partial charge is 0.481 e. The van der Waals surface area contributed by atoms with Crippen molar-refractivity contribution in [3.63, 3.8) is 0 Å². The van der Waals surface area contributed by atoms with Gasteiger partial charge in [-0.05, 0) is 38.0 Å². The number of carbonyl (C=O) groups is 2. The molecule has 0 heterocycles. The van der Waals surface area contributed by atoms with E-state index in [2.05, 4.69) is 10.0 Å². The van der Waals surface area contributed by atoms with E-state index in [-0.39, 0.29) is 12.3 Å². The molecule has 0 aromatic heterocycles. The number of benzene rings is 1. The fraction of sp³-hybridized carbons (Fsp3) is 0.500. The molecule has 140 valence electrons. The molecule has 0 unspecified atom stereocenters. The van der Waals surface area contributed by atoms with E-state index < -0.39 is 27.3 Å². The van der Waals surface area contributed by atoms with E-state index in [9.17, 15) is 23.1 Å². The molecule has 25 heavy (non-hydrogen) atoms. The molecule has 0 saturated heterocycles. The Morgan fingerprint density at radius 3 is 2.32 bits per heavy atom. The van der Waals surface area contributed by atoms with Gasteiger partial charge in [0.05, 0.1) is 17.7 Å². The molecule has 0 saturated carbocycles. The third kappa shape index (κ3) is 6.81. The zero-order valence-corrected chi connectivity index (χ0v) is 15.4. The first-order valence-electron chi connectivity index (χ1n) is 7.68. The molecule has 1 aromatic rings. The normalized spacial score (nSPS) is 12.0. The van der Waals surface area contributed by atoms with E-state index >= 15 is 0 Å². The summed E-state index contributed by atoms with van der Waals surface area (Å²) in [6, 6.07) is 6.37. The highest BCUT2D eigenvalue weighted by Gasteiger charge is 2.29. The van der Waals surface area contributed by atoms with Crippen molar-refractivity contribution in [3.05, 3.63) is 29.8 Å². The highest BCUT2D eigenvalue weighted by Crippen LogP contribution is 2.24. The van der Waals surface area contributed by atoms with Crippen LogP contribution in [0.25, 0.3) is 0 Å². The number of carboxylic acids is 1. The van der Waals surface area contributed by atoms with E-state index in [0.717, 1.165) is 0 Å². The third-order valence-electron chi connectivity index (χ3n) is 3.64. The molecule has 0 aliphatic carbocycles. The van der Waals surface area contributed by atoms with Gasteiger partial charge in [-0.2, -0.15) is 0 Å². The smallest absolute Gasteiger partial charge is 0.313 e. The Morgan fingerprint density at radius 1 is 1.20 bits per heavy atom. The number of ether oxygens (including phenoxy) is 1. The summed E-state index contributed by atoms with van der Waals surface area (Å²) >= 11 is 0. The van der Waals surface area contributed by atoms with Gasteiger partial charge in [0, 0.05) is 19.4 Å². The maximum Gasteiger partial charge on any atom is 0.313 e. The van der Waals surface area contributed by atoms with Gasteiger partial charge in [-0.25, -0.2) is 13.1 Å². The predicted octanol–water partition coefficient (Wildman–Crippen LogP) is 0.943. The number of methoxy groups -OCH3 is 1. The Balaban J connectivity index is 2.57. The van der Waals surface area contributed by atoms with Gasteiger partial charge in [-0.3, -0.25) is 9.59 Å². The number of rotatable bonds is 10. The monoisotopic (exact) mass is 372 g/mol. The first kappa shape index (κ1) is 21.1. The van der Waals surface area contributed by atoms with E-state index in [1.165, 1.54) is 7.11 Å². The van der Waals surface area contributed by atoms with Crippen LogP contribution < -0.4 is 10.0 Å². The second-order valence-electron chi connectivity index (χ2n) is 6.04. The molecular weight excluding hydrogens is 348 g/mol. The summed E-state index contributed by atoms with van der Waals surface area (Å²) < 4.78 is 30.4. The number of carboxylic acid groups (broad SMARTS) is 1. The Hall–Kier alpha value is -1.97. The minimum atomic E-state index is -3.53. The van der Waals surface area contributed by atoms with Crippen LogP contribution in [0.5, 0.6) is 0 Å². The van der Waals surface area contributed by atoms with Gasteiger partial charge in [-0.1, -0.05) is 12.1 Å². The van der Waals surface area contributed by atoms with Crippen LogP contribution in [0.1, 0.15) is 25.8 Å². The topological polar surface area (TPSA) is 122 Å². The molecule has 0 fully saturated rings. The maximum atomic E-state index is 11.8. The Morgan fingerprint density at radius 2 is 1.80 bits per heavy atom. The number of sulfonamides is 1. The van der Waals surface area contributed by atoms with E-state index in [1.54, 1.807) is 38.1 Å². The lowest BCUT2D eigenvalue weighted by molar-refractivity contribution is -0.142. The quantitative estimate of drug-likeness (QED) is 0.526. The van der Waals surface area contributed by atoms with Crippen molar-refractivity contribution in [2.24, 2.45) is 0 Å². The number of hydrogen-bond acceptors (Lipinski definition) is 5. The molecule has 0 bridgehead atoms. The lowest BCUT2D eigenvalue weighted by Gasteiger charge is -2.19. The molecule has 0 atom stereocenters. The summed E-state index contributed by atoms with van der Waals surface area (Å²) in [4.78, 5) is 23.0. The van der Waals surface area contributed by atoms with Crippen LogP contribution in [0.2, 0.25) is 0 Å². The third-order valence-corrected chi connectivity index (χ3v) is 5.05. The van der Waals surface area contributed by atoms with Crippen LogP contribution in [0.3, 0.4) is 0 Å². The van der Waals surface area contributed by atoms with Crippen molar-refractivity contribution in [2.45, 2.75) is 25.7 Å². The first-order chi connectivity index (χ1) is 11.6. The van der Waals surface area contributed by atoms with Gasteiger partial charge in [0.25, 0.3) is 0 Å². The minimum Gasteiger partial charge on any atom is -0.481 e. The van der Waals surface area contributed by atoms with Gasteiger partial charge >= 0.3 is 5.97 Å². The molecule has 1 aromatic carbocycles. The van der Waals surface area contributed by atoms with Crippen molar-refractivity contribution in [3.8, 4) is 0 Å². The van der Waals surface area contributed by atoms with E-state index in [4.69, 9.17) is 4.74 Å². The predicted molar refractivity (Wildman–Crippen MR) is 94.0 cm³/mol. The summed E-state index contributed by atoms with van der Waals surface area (Å²) in [5, 5.41) is 11.7. The molecule has 9 heteroatoms. The van der Waals surface area contributed by atoms with Gasteiger partial charge in [0.15, 0.2) is 0 Å². The number of hydrogen-bond donors (Lipinski definition) is 3. The van der Waals surface area contributed by atoms with Crippen LogP contribution in [0.15, 0.2) is 24.3 Å². The highest BCUT2D eigenvalue weighted by atomic mass is 32.2. The molecular formula is C16H24N2O6S. The van der Waals surface area contributed by atoms with Crippen molar-refractivity contribution in [1.82, 2.24) is 4.72 Å². The van der Waals surface area contributed by atoms with Gasteiger partial charge in [0.2, 0.25) is 15.9 Å². The number of amides is 1. The van der Waals surface area contributed by atoms with Crippen molar-refractivity contribution in [2.75, 3.05) is 31.3 Å². The molecule has 0 spiro atoms. The van der Waals surface area contributed by atoms with E-state index in [0.29, 0.717) is 24.3 Å². The highest BCUT2D eigenvalue weighted by molar-refractivity contribution is 7.89. The molecule has 1 amide bonds. The number of carbonyl (C=O) groups excluding carboxylic acids is 1. The van der Waals surface area contributed by atoms with Crippen molar-refractivity contribution >= 4 is 27.6 Å².